The van der Waals surface area contributed by atoms with Crippen LogP contribution in [0.25, 0.3) is 0 Å². The maximum absolute atomic E-state index is 12.5. The summed E-state index contributed by atoms with van der Waals surface area (Å²) in [7, 11) is 0. The summed E-state index contributed by atoms with van der Waals surface area (Å²) in [6.07, 6.45) is 0. The Hall–Kier alpha value is -2.34. The minimum atomic E-state index is -0.646. The van der Waals surface area contributed by atoms with E-state index >= 15 is 0 Å². The Morgan fingerprint density at radius 1 is 0.900 bits per heavy atom. The molecule has 0 N–H and O–H groups in total. The van der Waals surface area contributed by atoms with Crippen LogP contribution in [0.1, 0.15) is 31.8 Å². The third-order valence-corrected chi connectivity index (χ3v) is 3.86. The van der Waals surface area contributed by atoms with Crippen molar-refractivity contribution in [3.05, 3.63) is 73.2 Å². The van der Waals surface area contributed by atoms with Gasteiger partial charge in [-0.05, 0) is 12.1 Å². The summed E-state index contributed by atoms with van der Waals surface area (Å²) >= 11 is 3.24. The highest BCUT2D eigenvalue weighted by molar-refractivity contribution is 9.10. The number of hydrogen-bond donors (Lipinski definition) is 0. The molecule has 0 fully saturated rings. The number of fused-ring (bicyclic) bond motifs is 2. The second-order valence-corrected chi connectivity index (χ2v) is 5.13. The third kappa shape index (κ3) is 1.61. The molecule has 1 aliphatic carbocycles. The van der Waals surface area contributed by atoms with Gasteiger partial charge in [0, 0.05) is 27.2 Å². The Bertz CT molecular complexity index is 798. The molecule has 98 valence electrons. The van der Waals surface area contributed by atoms with Crippen LogP contribution in [0.4, 0.5) is 5.69 Å². The zero-order valence-electron chi connectivity index (χ0n) is 9.92. The average molecular weight is 332 g/mol. The van der Waals surface area contributed by atoms with Gasteiger partial charge in [-0.25, -0.2) is 0 Å². The lowest BCUT2D eigenvalue weighted by molar-refractivity contribution is -0.385. The van der Waals surface area contributed by atoms with Crippen molar-refractivity contribution in [2.45, 2.75) is 0 Å². The number of rotatable bonds is 1. The fourth-order valence-corrected chi connectivity index (χ4v) is 2.88. The standard InChI is InChI=1S/C14H6BrNO4/c15-9-5-1-3-7-11(9)13(17)8-4-2-6-10(16(19)20)12(8)14(7)18/h1-6H. The van der Waals surface area contributed by atoms with Gasteiger partial charge in [-0.2, -0.15) is 0 Å². The van der Waals surface area contributed by atoms with E-state index in [-0.39, 0.29) is 33.7 Å². The Balaban J connectivity index is 2.38. The minimum Gasteiger partial charge on any atom is -0.289 e. The highest BCUT2D eigenvalue weighted by Gasteiger charge is 2.36. The van der Waals surface area contributed by atoms with Gasteiger partial charge in [0.1, 0.15) is 5.56 Å². The molecular weight excluding hydrogens is 326 g/mol. The number of ketones is 2. The smallest absolute Gasteiger partial charge is 0.281 e. The van der Waals surface area contributed by atoms with Crippen LogP contribution in [0.2, 0.25) is 0 Å². The molecule has 0 spiro atoms. The van der Waals surface area contributed by atoms with Crippen LogP contribution in [0.3, 0.4) is 0 Å². The fraction of sp³-hybridized carbons (Fsp3) is 0. The summed E-state index contributed by atoms with van der Waals surface area (Å²) < 4.78 is 0.505. The molecule has 0 aliphatic heterocycles. The first kappa shape index (κ1) is 12.7. The van der Waals surface area contributed by atoms with Crippen LogP contribution in [0, 0.1) is 10.1 Å². The van der Waals surface area contributed by atoms with E-state index in [2.05, 4.69) is 15.9 Å². The van der Waals surface area contributed by atoms with Gasteiger partial charge in [0.2, 0.25) is 5.78 Å². The van der Waals surface area contributed by atoms with Gasteiger partial charge in [-0.1, -0.05) is 34.1 Å². The van der Waals surface area contributed by atoms with Crippen LogP contribution in [-0.2, 0) is 0 Å². The van der Waals surface area contributed by atoms with E-state index in [1.165, 1.54) is 24.3 Å². The fourth-order valence-electron chi connectivity index (χ4n) is 2.33. The Kier molecular flexibility index (Phi) is 2.76. The maximum Gasteiger partial charge on any atom is 0.281 e. The number of nitro benzene ring substituents is 1. The summed E-state index contributed by atoms with van der Waals surface area (Å²) in [4.78, 5) is 35.3. The number of carbonyl (C=O) groups excluding carboxylic acids is 2. The molecule has 6 heteroatoms. The second kappa shape index (κ2) is 4.35. The number of nitro groups is 1. The first-order valence-corrected chi connectivity index (χ1v) is 6.47. The second-order valence-electron chi connectivity index (χ2n) is 4.28. The van der Waals surface area contributed by atoms with E-state index in [4.69, 9.17) is 0 Å². The molecule has 0 saturated heterocycles. The van der Waals surface area contributed by atoms with Gasteiger partial charge in [0.15, 0.2) is 5.78 Å². The summed E-state index contributed by atoms with van der Waals surface area (Å²) in [6, 6.07) is 8.85. The van der Waals surface area contributed by atoms with Crippen LogP contribution in [-0.4, -0.2) is 16.5 Å². The molecule has 0 unspecified atom stereocenters. The van der Waals surface area contributed by atoms with E-state index in [0.29, 0.717) is 4.47 Å². The number of carbonyl (C=O) groups is 2. The zero-order chi connectivity index (χ0) is 14.4. The highest BCUT2D eigenvalue weighted by atomic mass is 79.9. The van der Waals surface area contributed by atoms with Crippen molar-refractivity contribution >= 4 is 33.2 Å². The average Bonchev–Trinajstić information content (AvgIpc) is 2.43. The summed E-state index contributed by atoms with van der Waals surface area (Å²) in [5.74, 6) is -0.881. The quantitative estimate of drug-likeness (QED) is 0.507. The van der Waals surface area contributed by atoms with Gasteiger partial charge in [0.25, 0.3) is 5.69 Å². The van der Waals surface area contributed by atoms with Crippen molar-refractivity contribution in [1.29, 1.82) is 0 Å². The monoisotopic (exact) mass is 331 g/mol. The SMILES string of the molecule is O=C1c2cccc([N+](=O)[O-])c2C(=O)c2cccc(Br)c21. The van der Waals surface area contributed by atoms with E-state index in [0.717, 1.165) is 0 Å². The molecule has 0 saturated carbocycles. The molecule has 0 aromatic heterocycles. The molecule has 0 radical (unpaired) electrons. The van der Waals surface area contributed by atoms with Crippen molar-refractivity contribution in [3.63, 3.8) is 0 Å². The molecule has 3 rings (SSSR count). The molecular formula is C14H6BrNO4. The van der Waals surface area contributed by atoms with Crippen LogP contribution >= 0.6 is 15.9 Å². The first-order valence-electron chi connectivity index (χ1n) is 5.67. The Morgan fingerprint density at radius 3 is 2.10 bits per heavy atom. The van der Waals surface area contributed by atoms with Gasteiger partial charge >= 0.3 is 0 Å². The molecule has 2 aromatic carbocycles. The molecule has 0 amide bonds. The number of nitrogens with zero attached hydrogens (tertiary/aromatic N) is 1. The Labute approximate surface area is 121 Å². The normalized spacial score (nSPS) is 12.8. The summed E-state index contributed by atoms with van der Waals surface area (Å²) in [5.41, 5.74) is 0.0415. The van der Waals surface area contributed by atoms with Gasteiger partial charge in [0.05, 0.1) is 4.92 Å². The Morgan fingerprint density at radius 2 is 1.45 bits per heavy atom. The molecule has 20 heavy (non-hydrogen) atoms. The lowest BCUT2D eigenvalue weighted by Gasteiger charge is -2.18. The van der Waals surface area contributed by atoms with Crippen molar-refractivity contribution in [2.24, 2.45) is 0 Å². The van der Waals surface area contributed by atoms with E-state index in [9.17, 15) is 19.7 Å². The van der Waals surface area contributed by atoms with Crippen LogP contribution in [0.15, 0.2) is 40.9 Å². The van der Waals surface area contributed by atoms with Crippen LogP contribution < -0.4 is 0 Å². The molecule has 2 aromatic rings. The predicted molar refractivity (Wildman–Crippen MR) is 74.1 cm³/mol. The van der Waals surface area contributed by atoms with Gasteiger partial charge in [-0.3, -0.25) is 19.7 Å². The molecule has 0 atom stereocenters. The number of halogens is 1. The van der Waals surface area contributed by atoms with Gasteiger partial charge < -0.3 is 0 Å². The zero-order valence-corrected chi connectivity index (χ0v) is 11.5. The molecule has 0 heterocycles. The van der Waals surface area contributed by atoms with E-state index in [1.807, 2.05) is 0 Å². The number of hydrogen-bond acceptors (Lipinski definition) is 4. The number of benzene rings is 2. The minimum absolute atomic E-state index is 0.0728. The van der Waals surface area contributed by atoms with E-state index in [1.54, 1.807) is 12.1 Å². The lowest BCUT2D eigenvalue weighted by atomic mass is 9.83. The predicted octanol–water partition coefficient (Wildman–Crippen LogP) is 3.13. The highest BCUT2D eigenvalue weighted by Crippen LogP contribution is 2.35. The maximum atomic E-state index is 12.5. The van der Waals surface area contributed by atoms with Crippen molar-refractivity contribution in [2.75, 3.05) is 0 Å². The van der Waals surface area contributed by atoms with Crippen molar-refractivity contribution in [3.8, 4) is 0 Å². The summed E-state index contributed by atoms with van der Waals surface area (Å²) in [6.45, 7) is 0. The van der Waals surface area contributed by atoms with Crippen molar-refractivity contribution in [1.82, 2.24) is 0 Å². The molecule has 1 aliphatic rings. The lowest BCUT2D eigenvalue weighted by Crippen LogP contribution is -2.22. The van der Waals surface area contributed by atoms with Gasteiger partial charge in [-0.15, -0.1) is 0 Å². The largest absolute Gasteiger partial charge is 0.289 e. The summed E-state index contributed by atoms with van der Waals surface area (Å²) in [5, 5.41) is 11.0. The van der Waals surface area contributed by atoms with Crippen molar-refractivity contribution < 1.29 is 14.5 Å². The first-order chi connectivity index (χ1) is 9.52. The topological polar surface area (TPSA) is 77.3 Å². The molecule has 0 bridgehead atoms. The van der Waals surface area contributed by atoms with Crippen LogP contribution in [0.5, 0.6) is 0 Å². The third-order valence-electron chi connectivity index (χ3n) is 3.20. The van der Waals surface area contributed by atoms with E-state index < -0.39 is 10.7 Å². The molecule has 5 nitrogen and oxygen atoms in total.